The van der Waals surface area contributed by atoms with Gasteiger partial charge in [0.05, 0.1) is 16.9 Å². The number of nitrogen functional groups attached to an aromatic ring is 1. The van der Waals surface area contributed by atoms with E-state index in [2.05, 4.69) is 10.6 Å². The van der Waals surface area contributed by atoms with Crippen LogP contribution in [0.2, 0.25) is 0 Å². The van der Waals surface area contributed by atoms with E-state index >= 15 is 4.39 Å². The number of rotatable bonds is 5. The van der Waals surface area contributed by atoms with Crippen LogP contribution in [0.5, 0.6) is 0 Å². The van der Waals surface area contributed by atoms with Gasteiger partial charge in [-0.2, -0.15) is 4.68 Å². The molecule has 2 fully saturated rings. The fourth-order valence-electron chi connectivity index (χ4n) is 5.76. The van der Waals surface area contributed by atoms with Gasteiger partial charge in [0, 0.05) is 23.6 Å². The predicted molar refractivity (Wildman–Crippen MR) is 143 cm³/mol. The average molecular weight is 524 g/mol. The van der Waals surface area contributed by atoms with Gasteiger partial charge in [-0.05, 0) is 70.7 Å². The quantitative estimate of drug-likeness (QED) is 0.442. The van der Waals surface area contributed by atoms with Crippen molar-refractivity contribution in [2.75, 3.05) is 18.9 Å². The molecular formula is C28H34FN5O4. The number of fused-ring (bicyclic) bond motifs is 1. The zero-order chi connectivity index (χ0) is 27.4. The third-order valence-corrected chi connectivity index (χ3v) is 7.60. The zero-order valence-electron chi connectivity index (χ0n) is 22.1. The molecule has 1 aromatic heterocycles. The molecule has 10 heteroatoms. The first-order chi connectivity index (χ1) is 17.9. The van der Waals surface area contributed by atoms with Crippen molar-refractivity contribution >= 4 is 17.0 Å². The molecule has 202 valence electrons. The van der Waals surface area contributed by atoms with Crippen molar-refractivity contribution in [3.63, 3.8) is 0 Å². The first kappa shape index (κ1) is 26.0. The van der Waals surface area contributed by atoms with Gasteiger partial charge in [0.2, 0.25) is 0 Å². The van der Waals surface area contributed by atoms with E-state index in [0.717, 1.165) is 24.5 Å². The van der Waals surface area contributed by atoms with E-state index < -0.39 is 40.2 Å². The molecule has 1 saturated carbocycles. The normalized spacial score (nSPS) is 20.4. The lowest BCUT2D eigenvalue weighted by atomic mass is 9.70. The van der Waals surface area contributed by atoms with E-state index in [1.165, 1.54) is 4.57 Å². The number of nitrogens with two attached hydrogens (primary N) is 1. The summed E-state index contributed by atoms with van der Waals surface area (Å²) in [6.07, 6.45) is 1.46. The van der Waals surface area contributed by atoms with Gasteiger partial charge in [0.1, 0.15) is 11.4 Å². The molecule has 4 N–H and O–H groups in total. The second-order valence-electron chi connectivity index (χ2n) is 11.4. The van der Waals surface area contributed by atoms with Crippen LogP contribution in [0.3, 0.4) is 0 Å². The Morgan fingerprint density at radius 2 is 1.92 bits per heavy atom. The molecule has 2 atom stereocenters. The first-order valence-electron chi connectivity index (χ1n) is 13.0. The van der Waals surface area contributed by atoms with Crippen molar-refractivity contribution in [1.29, 1.82) is 0 Å². The number of hydrogen-bond donors (Lipinski definition) is 3. The zero-order valence-corrected chi connectivity index (χ0v) is 22.1. The molecule has 5 rings (SSSR count). The highest BCUT2D eigenvalue weighted by Gasteiger charge is 2.47. The van der Waals surface area contributed by atoms with Gasteiger partial charge < -0.3 is 21.2 Å². The van der Waals surface area contributed by atoms with Gasteiger partial charge in [-0.15, -0.1) is 0 Å². The van der Waals surface area contributed by atoms with Gasteiger partial charge in [0.15, 0.2) is 0 Å². The van der Waals surface area contributed by atoms with Crippen LogP contribution >= 0.6 is 0 Å². The minimum absolute atomic E-state index is 0.0343. The van der Waals surface area contributed by atoms with Gasteiger partial charge in [-0.25, -0.2) is 14.0 Å². The van der Waals surface area contributed by atoms with Crippen molar-refractivity contribution in [3.05, 3.63) is 79.7 Å². The number of carbonyl (C=O) groups excluding carboxylic acids is 1. The molecule has 2 heterocycles. The molecule has 1 saturated heterocycles. The summed E-state index contributed by atoms with van der Waals surface area (Å²) in [5.41, 5.74) is -0.949. The third kappa shape index (κ3) is 4.36. The molecule has 1 aliphatic carbocycles. The molecule has 2 aromatic carbocycles. The van der Waals surface area contributed by atoms with Crippen LogP contribution in [0.15, 0.2) is 46.0 Å². The molecule has 38 heavy (non-hydrogen) atoms. The molecular weight excluding hydrogens is 489 g/mol. The van der Waals surface area contributed by atoms with Crippen LogP contribution in [0.25, 0.3) is 10.9 Å². The van der Waals surface area contributed by atoms with Crippen LogP contribution in [0.4, 0.5) is 9.18 Å². The van der Waals surface area contributed by atoms with Crippen LogP contribution in [0.1, 0.15) is 68.8 Å². The molecule has 9 nitrogen and oxygen atoms in total. The highest BCUT2D eigenvalue weighted by Crippen LogP contribution is 2.46. The number of nitrogens with one attached hydrogen (secondary N) is 2. The monoisotopic (exact) mass is 523 g/mol. The lowest BCUT2D eigenvalue weighted by Crippen LogP contribution is -2.48. The molecule has 3 aromatic rings. The maximum atomic E-state index is 16.2. The van der Waals surface area contributed by atoms with Crippen molar-refractivity contribution in [2.45, 2.75) is 70.1 Å². The minimum atomic E-state index is -0.859. The smallest absolute Gasteiger partial charge is 0.408 e. The van der Waals surface area contributed by atoms with Gasteiger partial charge in [-0.1, -0.05) is 30.3 Å². The largest absolute Gasteiger partial charge is 0.444 e. The van der Waals surface area contributed by atoms with E-state index in [1.807, 2.05) is 30.3 Å². The van der Waals surface area contributed by atoms with E-state index in [9.17, 15) is 14.4 Å². The fourth-order valence-corrected chi connectivity index (χ4v) is 5.76. The summed E-state index contributed by atoms with van der Waals surface area (Å²) in [5, 5.41) is 6.41. The Hall–Kier alpha value is -3.66. The number of ether oxygens (including phenoxy) is 1. The number of halogens is 1. The van der Waals surface area contributed by atoms with Gasteiger partial charge in [-0.3, -0.25) is 9.36 Å². The molecule has 2 aliphatic rings. The van der Waals surface area contributed by atoms with Gasteiger partial charge in [0.25, 0.3) is 5.56 Å². The summed E-state index contributed by atoms with van der Waals surface area (Å²) in [6, 6.07) is 9.84. The summed E-state index contributed by atoms with van der Waals surface area (Å²) in [6.45, 7) is 8.14. The Morgan fingerprint density at radius 3 is 2.50 bits per heavy atom. The van der Waals surface area contributed by atoms with Crippen LogP contribution in [-0.4, -0.2) is 34.0 Å². The number of hydrogen-bond acceptors (Lipinski definition) is 6. The maximum absolute atomic E-state index is 16.2. The molecule has 0 bridgehead atoms. The number of alkyl carbamates (subject to hydrolysis) is 1. The molecule has 1 aliphatic heterocycles. The number of nitrogens with zero attached hydrogens (tertiary/aromatic N) is 2. The summed E-state index contributed by atoms with van der Waals surface area (Å²) >= 11 is 0. The number of aromatic nitrogens is 2. The number of amides is 1. The Morgan fingerprint density at radius 1 is 1.24 bits per heavy atom. The highest BCUT2D eigenvalue weighted by atomic mass is 19.1. The van der Waals surface area contributed by atoms with Crippen molar-refractivity contribution < 1.29 is 13.9 Å². The standard InChI is InChI=1S/C28H34FN5O4/c1-16-21(20(29)14-19-22(16)33(18-10-11-18)26(37)34(30)24(19)35)23(32-25(36)38-27(2,3)4)28(12-13-31-15-28)17-8-6-5-7-9-17/h5-9,14,18,23,31H,10-13,15,30H2,1-4H3,(H,32,36). The van der Waals surface area contributed by atoms with E-state index in [-0.39, 0.29) is 17.0 Å². The molecule has 0 spiro atoms. The Bertz CT molecular complexity index is 1510. The van der Waals surface area contributed by atoms with Crippen LogP contribution < -0.4 is 27.7 Å². The lowest BCUT2D eigenvalue weighted by molar-refractivity contribution is 0.0475. The van der Waals surface area contributed by atoms with Gasteiger partial charge >= 0.3 is 11.8 Å². The fraction of sp³-hybridized carbons (Fsp3) is 0.464. The summed E-state index contributed by atoms with van der Waals surface area (Å²) in [4.78, 5) is 39.2. The second kappa shape index (κ2) is 9.27. The number of carbonyl (C=O) groups is 1. The van der Waals surface area contributed by atoms with E-state index in [4.69, 9.17) is 10.6 Å². The van der Waals surface area contributed by atoms with E-state index in [0.29, 0.717) is 35.3 Å². The third-order valence-electron chi connectivity index (χ3n) is 7.60. The minimum Gasteiger partial charge on any atom is -0.444 e. The summed E-state index contributed by atoms with van der Waals surface area (Å²) < 4.78 is 23.9. The molecule has 0 radical (unpaired) electrons. The molecule has 1 amide bonds. The van der Waals surface area contributed by atoms with Crippen molar-refractivity contribution in [3.8, 4) is 0 Å². The maximum Gasteiger partial charge on any atom is 0.408 e. The summed E-state index contributed by atoms with van der Waals surface area (Å²) in [5.74, 6) is 5.14. The second-order valence-corrected chi connectivity index (χ2v) is 11.4. The molecule has 2 unspecified atom stereocenters. The average Bonchev–Trinajstić information content (AvgIpc) is 3.57. The number of aryl methyl sites for hydroxylation is 1. The van der Waals surface area contributed by atoms with Crippen LogP contribution in [0, 0.1) is 12.7 Å². The summed E-state index contributed by atoms with van der Waals surface area (Å²) in [7, 11) is 0. The van der Waals surface area contributed by atoms with Crippen molar-refractivity contribution in [2.24, 2.45) is 0 Å². The Labute approximate surface area is 219 Å². The van der Waals surface area contributed by atoms with Crippen LogP contribution in [-0.2, 0) is 10.2 Å². The van der Waals surface area contributed by atoms with E-state index in [1.54, 1.807) is 27.7 Å². The Balaban J connectivity index is 1.80. The first-order valence-corrected chi connectivity index (χ1v) is 13.0. The Kier molecular flexibility index (Phi) is 6.33. The predicted octanol–water partition coefficient (Wildman–Crippen LogP) is 3.16. The lowest BCUT2D eigenvalue weighted by Gasteiger charge is -2.39. The topological polar surface area (TPSA) is 120 Å². The highest BCUT2D eigenvalue weighted by molar-refractivity contribution is 5.84. The van der Waals surface area contributed by atoms with Crippen molar-refractivity contribution in [1.82, 2.24) is 19.9 Å². The SMILES string of the molecule is Cc1c(C(NC(=O)OC(C)(C)C)C2(c3ccccc3)CCNC2)c(F)cc2c(=O)n(N)c(=O)n(C3CC3)c12. The number of benzene rings is 2.